The topological polar surface area (TPSA) is 66.9 Å². The molecule has 3 aliphatic rings. The van der Waals surface area contributed by atoms with Crippen molar-refractivity contribution in [2.75, 3.05) is 13.2 Å². The largest absolute Gasteiger partial charge is 0.378 e. The van der Waals surface area contributed by atoms with E-state index in [-0.39, 0.29) is 17.9 Å². The van der Waals surface area contributed by atoms with E-state index in [1.807, 2.05) is 0 Å². The molecule has 0 saturated carbocycles. The van der Waals surface area contributed by atoms with E-state index in [0.29, 0.717) is 29.9 Å². The summed E-state index contributed by atoms with van der Waals surface area (Å²) >= 11 is 0. The van der Waals surface area contributed by atoms with Crippen LogP contribution in [0.25, 0.3) is 0 Å². The Morgan fingerprint density at radius 3 is 2.24 bits per heavy atom. The minimum atomic E-state index is -0.468. The van der Waals surface area contributed by atoms with E-state index in [4.69, 9.17) is 4.74 Å². The molecule has 6 heteroatoms. The number of carbonyl (C=O) groups excluding carboxylic acids is 3. The van der Waals surface area contributed by atoms with Crippen LogP contribution in [0.2, 0.25) is 0 Å². The molecule has 3 aliphatic heterocycles. The summed E-state index contributed by atoms with van der Waals surface area (Å²) in [5.74, 6) is -1.46. The highest BCUT2D eigenvalue weighted by molar-refractivity contribution is 6.22. The van der Waals surface area contributed by atoms with Crippen molar-refractivity contribution in [2.45, 2.75) is 6.04 Å². The average molecular weight is 284 g/mol. The van der Waals surface area contributed by atoms with Crippen LogP contribution in [0.5, 0.6) is 0 Å². The third kappa shape index (κ3) is 1.42. The Labute approximate surface area is 120 Å². The van der Waals surface area contributed by atoms with E-state index in [2.05, 4.69) is 6.58 Å². The van der Waals surface area contributed by atoms with E-state index >= 15 is 0 Å². The van der Waals surface area contributed by atoms with E-state index in [1.54, 1.807) is 24.3 Å². The van der Waals surface area contributed by atoms with Gasteiger partial charge in [-0.2, -0.15) is 5.01 Å². The van der Waals surface area contributed by atoms with Gasteiger partial charge in [-0.15, -0.1) is 0 Å². The number of nitrogens with zero attached hydrogens (tertiary/aromatic N) is 2. The predicted octanol–water partition coefficient (Wildman–Crippen LogP) is 0.611. The summed E-state index contributed by atoms with van der Waals surface area (Å²) in [5.41, 5.74) is 1.04. The molecule has 0 bridgehead atoms. The summed E-state index contributed by atoms with van der Waals surface area (Å²) in [6, 6.07) is 6.24. The first-order valence-corrected chi connectivity index (χ1v) is 6.69. The smallest absolute Gasteiger partial charge is 0.280 e. The zero-order valence-corrected chi connectivity index (χ0v) is 11.1. The Morgan fingerprint density at radius 1 is 1.00 bits per heavy atom. The van der Waals surface area contributed by atoms with Crippen LogP contribution in [0.15, 0.2) is 36.4 Å². The second-order valence-corrected chi connectivity index (χ2v) is 5.35. The summed E-state index contributed by atoms with van der Waals surface area (Å²) in [5, 5.41) is 2.17. The average Bonchev–Trinajstić information content (AvgIpc) is 3.12. The zero-order valence-electron chi connectivity index (χ0n) is 11.1. The van der Waals surface area contributed by atoms with Gasteiger partial charge in [0.1, 0.15) is 0 Å². The molecule has 4 rings (SSSR count). The van der Waals surface area contributed by atoms with Crippen LogP contribution < -0.4 is 0 Å². The second-order valence-electron chi connectivity index (χ2n) is 5.35. The standard InChI is InChI=1S/C15H12N2O4/c1-8-11-6-21-7-12(11)16(13(8)18)17-14(19)9-4-2-3-5-10(9)15(17)20/h2-5,11-12H,1,6-7H2. The van der Waals surface area contributed by atoms with E-state index in [0.717, 1.165) is 5.01 Å². The second kappa shape index (κ2) is 4.02. The number of imide groups is 1. The van der Waals surface area contributed by atoms with Gasteiger partial charge in [-0.25, -0.2) is 5.01 Å². The lowest BCUT2D eigenvalue weighted by Gasteiger charge is -2.29. The van der Waals surface area contributed by atoms with Gasteiger partial charge in [0.15, 0.2) is 0 Å². The minimum Gasteiger partial charge on any atom is -0.378 e. The Morgan fingerprint density at radius 2 is 1.62 bits per heavy atom. The number of amides is 3. The number of fused-ring (bicyclic) bond motifs is 2. The molecule has 1 aromatic carbocycles. The van der Waals surface area contributed by atoms with Crippen LogP contribution in [0.4, 0.5) is 0 Å². The first-order valence-electron chi connectivity index (χ1n) is 6.69. The zero-order chi connectivity index (χ0) is 14.7. The van der Waals surface area contributed by atoms with Gasteiger partial charge in [0, 0.05) is 11.5 Å². The third-order valence-corrected chi connectivity index (χ3v) is 4.28. The van der Waals surface area contributed by atoms with Crippen molar-refractivity contribution in [3.05, 3.63) is 47.5 Å². The Kier molecular flexibility index (Phi) is 2.35. The first-order chi connectivity index (χ1) is 10.1. The third-order valence-electron chi connectivity index (χ3n) is 4.28. The number of hydrazine groups is 1. The number of hydrogen-bond donors (Lipinski definition) is 0. The lowest BCUT2D eigenvalue weighted by Crippen LogP contribution is -2.52. The number of rotatable bonds is 1. The van der Waals surface area contributed by atoms with Crippen LogP contribution >= 0.6 is 0 Å². The maximum Gasteiger partial charge on any atom is 0.280 e. The molecule has 0 aliphatic carbocycles. The molecule has 0 spiro atoms. The monoisotopic (exact) mass is 284 g/mol. The summed E-state index contributed by atoms with van der Waals surface area (Å²) in [4.78, 5) is 37.3. The SMILES string of the molecule is C=C1C(=O)N(N2C(=O)c3ccccc3C2=O)C2COCC12. The highest BCUT2D eigenvalue weighted by Crippen LogP contribution is 2.37. The van der Waals surface area contributed by atoms with Gasteiger partial charge < -0.3 is 4.74 Å². The summed E-state index contributed by atoms with van der Waals surface area (Å²) < 4.78 is 5.36. The van der Waals surface area contributed by atoms with Crippen molar-refractivity contribution in [1.29, 1.82) is 0 Å². The van der Waals surface area contributed by atoms with Crippen LogP contribution in [0, 0.1) is 5.92 Å². The minimum absolute atomic E-state index is 0.151. The molecule has 106 valence electrons. The van der Waals surface area contributed by atoms with Crippen LogP contribution in [-0.2, 0) is 9.53 Å². The number of carbonyl (C=O) groups is 3. The highest BCUT2D eigenvalue weighted by Gasteiger charge is 2.53. The van der Waals surface area contributed by atoms with Gasteiger partial charge in [-0.1, -0.05) is 18.7 Å². The molecule has 2 atom stereocenters. The van der Waals surface area contributed by atoms with Crippen molar-refractivity contribution >= 4 is 17.7 Å². The van der Waals surface area contributed by atoms with Gasteiger partial charge in [-0.3, -0.25) is 14.4 Å². The molecule has 2 fully saturated rings. The number of benzene rings is 1. The Balaban J connectivity index is 1.78. The normalized spacial score (nSPS) is 27.6. The van der Waals surface area contributed by atoms with Crippen LogP contribution in [0.3, 0.4) is 0 Å². The van der Waals surface area contributed by atoms with Crippen molar-refractivity contribution in [3.63, 3.8) is 0 Å². The predicted molar refractivity (Wildman–Crippen MR) is 71.0 cm³/mol. The van der Waals surface area contributed by atoms with Crippen molar-refractivity contribution in [3.8, 4) is 0 Å². The van der Waals surface area contributed by atoms with Crippen molar-refractivity contribution in [2.24, 2.45) is 5.92 Å². The highest BCUT2D eigenvalue weighted by atomic mass is 16.5. The van der Waals surface area contributed by atoms with Crippen molar-refractivity contribution in [1.82, 2.24) is 10.0 Å². The fourth-order valence-corrected chi connectivity index (χ4v) is 3.18. The van der Waals surface area contributed by atoms with Gasteiger partial charge in [-0.05, 0) is 12.1 Å². The molecule has 3 heterocycles. The van der Waals surface area contributed by atoms with E-state index in [1.165, 1.54) is 5.01 Å². The van der Waals surface area contributed by atoms with E-state index < -0.39 is 11.8 Å². The molecular formula is C15H12N2O4. The molecule has 6 nitrogen and oxygen atoms in total. The van der Waals surface area contributed by atoms with Gasteiger partial charge >= 0.3 is 0 Å². The molecule has 2 unspecified atom stereocenters. The number of hydrogen-bond acceptors (Lipinski definition) is 4. The summed E-state index contributed by atoms with van der Waals surface area (Å²) in [6.07, 6.45) is 0. The molecule has 0 aromatic heterocycles. The molecular weight excluding hydrogens is 272 g/mol. The fraction of sp³-hybridized carbons (Fsp3) is 0.267. The Hall–Kier alpha value is -2.47. The Bertz CT molecular complexity index is 676. The molecule has 2 saturated heterocycles. The maximum atomic E-state index is 12.5. The van der Waals surface area contributed by atoms with Crippen molar-refractivity contribution < 1.29 is 19.1 Å². The first kappa shape index (κ1) is 12.3. The van der Waals surface area contributed by atoms with Gasteiger partial charge in [0.05, 0.1) is 30.4 Å². The molecule has 1 aromatic rings. The number of ether oxygens (including phenoxy) is 1. The van der Waals surface area contributed by atoms with E-state index in [9.17, 15) is 14.4 Å². The quantitative estimate of drug-likeness (QED) is 0.560. The molecule has 0 radical (unpaired) electrons. The van der Waals surface area contributed by atoms with Gasteiger partial charge in [0.2, 0.25) is 0 Å². The molecule has 0 N–H and O–H groups in total. The molecule has 3 amide bonds. The van der Waals surface area contributed by atoms with Gasteiger partial charge in [0.25, 0.3) is 17.7 Å². The summed E-state index contributed by atoms with van der Waals surface area (Å²) in [6.45, 7) is 4.48. The van der Waals surface area contributed by atoms with Crippen LogP contribution in [0.1, 0.15) is 20.7 Å². The maximum absolute atomic E-state index is 12.5. The summed E-state index contributed by atoms with van der Waals surface area (Å²) in [7, 11) is 0. The lowest BCUT2D eigenvalue weighted by atomic mass is 10.0. The fourth-order valence-electron chi connectivity index (χ4n) is 3.18. The molecule has 21 heavy (non-hydrogen) atoms. The van der Waals surface area contributed by atoms with Crippen LogP contribution in [-0.4, -0.2) is 47.0 Å². The lowest BCUT2D eigenvalue weighted by molar-refractivity contribution is -0.137.